The number of imidazole rings is 1. The van der Waals surface area contributed by atoms with Gasteiger partial charge in [0, 0.05) is 11.8 Å². The molecule has 3 heteroatoms. The van der Waals surface area contributed by atoms with E-state index in [9.17, 15) is 4.79 Å². The lowest BCUT2D eigenvalue weighted by Crippen LogP contribution is -2.00. The summed E-state index contributed by atoms with van der Waals surface area (Å²) in [4.78, 5) is 16.4. The molecule has 0 aliphatic heterocycles. The summed E-state index contributed by atoms with van der Waals surface area (Å²) < 4.78 is 0. The van der Waals surface area contributed by atoms with Gasteiger partial charge in [0.2, 0.25) is 0 Å². The molecule has 0 saturated heterocycles. The van der Waals surface area contributed by atoms with Crippen LogP contribution in [0.5, 0.6) is 0 Å². The number of hydrogen-bond donors (Lipinski definition) is 2. The molecule has 0 bridgehead atoms. The van der Waals surface area contributed by atoms with E-state index < -0.39 is 0 Å². The maximum absolute atomic E-state index is 11.0. The smallest absolute Gasteiger partial charge is 0.312 e. The second-order valence-corrected chi connectivity index (χ2v) is 3.91. The van der Waals surface area contributed by atoms with Gasteiger partial charge in [-0.05, 0) is 43.5 Å². The predicted octanol–water partition coefficient (Wildman–Crippen LogP) is 2.30. The van der Waals surface area contributed by atoms with Gasteiger partial charge in [0.1, 0.15) is 0 Å². The van der Waals surface area contributed by atoms with Crippen LogP contribution in [0, 0.1) is 20.8 Å². The Bertz CT molecular complexity index is 549. The largest absolute Gasteiger partial charge is 0.323 e. The summed E-state index contributed by atoms with van der Waals surface area (Å²) in [5.74, 6) is 0. The highest BCUT2D eigenvalue weighted by Crippen LogP contribution is 2.23. The summed E-state index contributed by atoms with van der Waals surface area (Å²) in [5.41, 5.74) is 5.44. The molecule has 78 valence electrons. The topological polar surface area (TPSA) is 48.6 Å². The number of hydrogen-bond acceptors (Lipinski definition) is 1. The molecular formula is C12H14N2O. The van der Waals surface area contributed by atoms with Gasteiger partial charge in [-0.1, -0.05) is 6.07 Å². The normalized spacial score (nSPS) is 10.6. The standard InChI is InChI=1S/C12H14N2O/c1-7-4-9(3)10(5-8(7)2)11-6-13-12(15)14-11/h4-6H,1-3H3,(H2,13,14,15). The van der Waals surface area contributed by atoms with Crippen molar-refractivity contribution in [2.75, 3.05) is 0 Å². The van der Waals surface area contributed by atoms with Gasteiger partial charge in [0.25, 0.3) is 0 Å². The van der Waals surface area contributed by atoms with Gasteiger partial charge in [0.05, 0.1) is 5.69 Å². The molecule has 1 heterocycles. The monoisotopic (exact) mass is 202 g/mol. The Morgan fingerprint density at radius 2 is 1.67 bits per heavy atom. The van der Waals surface area contributed by atoms with Crippen molar-refractivity contribution in [2.24, 2.45) is 0 Å². The minimum Gasteiger partial charge on any atom is -0.312 e. The summed E-state index contributed by atoms with van der Waals surface area (Å²) in [6.45, 7) is 6.21. The van der Waals surface area contributed by atoms with Gasteiger partial charge >= 0.3 is 5.69 Å². The molecule has 2 aromatic rings. The first-order valence-corrected chi connectivity index (χ1v) is 4.94. The SMILES string of the molecule is Cc1cc(C)c(-c2c[nH]c(=O)[nH]2)cc1C. The Morgan fingerprint density at radius 3 is 2.27 bits per heavy atom. The van der Waals surface area contributed by atoms with Crippen molar-refractivity contribution in [3.05, 3.63) is 45.5 Å². The van der Waals surface area contributed by atoms with Gasteiger partial charge in [-0.15, -0.1) is 0 Å². The van der Waals surface area contributed by atoms with Crippen LogP contribution in [0.2, 0.25) is 0 Å². The highest BCUT2D eigenvalue weighted by atomic mass is 16.1. The van der Waals surface area contributed by atoms with Crippen LogP contribution in [0.4, 0.5) is 0 Å². The summed E-state index contributed by atoms with van der Waals surface area (Å²) in [5, 5.41) is 0. The van der Waals surface area contributed by atoms with Crippen molar-refractivity contribution in [1.82, 2.24) is 9.97 Å². The molecule has 15 heavy (non-hydrogen) atoms. The van der Waals surface area contributed by atoms with Crippen LogP contribution in [-0.2, 0) is 0 Å². The van der Waals surface area contributed by atoms with E-state index in [1.807, 2.05) is 6.92 Å². The lowest BCUT2D eigenvalue weighted by atomic mass is 9.99. The molecular weight excluding hydrogens is 188 g/mol. The zero-order chi connectivity index (χ0) is 11.0. The molecule has 2 N–H and O–H groups in total. The van der Waals surface area contributed by atoms with Crippen LogP contribution in [0.15, 0.2) is 23.1 Å². The molecule has 0 atom stereocenters. The van der Waals surface area contributed by atoms with E-state index >= 15 is 0 Å². The summed E-state index contributed by atoms with van der Waals surface area (Å²) in [6, 6.07) is 4.24. The van der Waals surface area contributed by atoms with Crippen LogP contribution in [0.1, 0.15) is 16.7 Å². The molecule has 0 aliphatic carbocycles. The van der Waals surface area contributed by atoms with Crippen molar-refractivity contribution >= 4 is 0 Å². The van der Waals surface area contributed by atoms with Gasteiger partial charge in [-0.25, -0.2) is 4.79 Å². The lowest BCUT2D eigenvalue weighted by molar-refractivity contribution is 1.19. The molecule has 0 amide bonds. The average Bonchev–Trinajstić information content (AvgIpc) is 2.58. The van der Waals surface area contributed by atoms with Crippen LogP contribution in [-0.4, -0.2) is 9.97 Å². The molecule has 0 unspecified atom stereocenters. The van der Waals surface area contributed by atoms with E-state index in [1.54, 1.807) is 6.20 Å². The highest BCUT2D eigenvalue weighted by molar-refractivity contribution is 5.64. The molecule has 0 aliphatic rings. The Kier molecular flexibility index (Phi) is 2.23. The molecule has 0 fully saturated rings. The minimum atomic E-state index is -0.164. The van der Waals surface area contributed by atoms with E-state index in [0.717, 1.165) is 11.3 Å². The molecule has 0 spiro atoms. The van der Waals surface area contributed by atoms with Gasteiger partial charge in [0.15, 0.2) is 0 Å². The Hall–Kier alpha value is -1.77. The summed E-state index contributed by atoms with van der Waals surface area (Å²) >= 11 is 0. The van der Waals surface area contributed by atoms with Gasteiger partial charge in [-0.2, -0.15) is 0 Å². The molecule has 2 rings (SSSR count). The van der Waals surface area contributed by atoms with Gasteiger partial charge < -0.3 is 9.97 Å². The fourth-order valence-electron chi connectivity index (χ4n) is 1.73. The van der Waals surface area contributed by atoms with E-state index in [1.165, 1.54) is 16.7 Å². The first-order valence-electron chi connectivity index (χ1n) is 4.94. The maximum atomic E-state index is 11.0. The molecule has 0 saturated carbocycles. The van der Waals surface area contributed by atoms with Gasteiger partial charge in [-0.3, -0.25) is 0 Å². The zero-order valence-electron chi connectivity index (χ0n) is 9.14. The number of aromatic nitrogens is 2. The third kappa shape index (κ3) is 1.73. The van der Waals surface area contributed by atoms with E-state index in [-0.39, 0.29) is 5.69 Å². The summed E-state index contributed by atoms with van der Waals surface area (Å²) in [6.07, 6.45) is 1.71. The molecule has 0 radical (unpaired) electrons. The Balaban J connectivity index is 2.63. The number of rotatable bonds is 1. The highest BCUT2D eigenvalue weighted by Gasteiger charge is 2.05. The second-order valence-electron chi connectivity index (χ2n) is 3.91. The quantitative estimate of drug-likeness (QED) is 0.732. The predicted molar refractivity (Wildman–Crippen MR) is 61.1 cm³/mol. The van der Waals surface area contributed by atoms with E-state index in [0.29, 0.717) is 0 Å². The maximum Gasteiger partial charge on any atom is 0.323 e. The van der Waals surface area contributed by atoms with E-state index in [2.05, 4.69) is 35.9 Å². The van der Waals surface area contributed by atoms with Crippen LogP contribution in [0.25, 0.3) is 11.3 Å². The molecule has 3 nitrogen and oxygen atoms in total. The van der Waals surface area contributed by atoms with Crippen LogP contribution in [0.3, 0.4) is 0 Å². The number of benzene rings is 1. The fourth-order valence-corrected chi connectivity index (χ4v) is 1.73. The average molecular weight is 202 g/mol. The number of aromatic amines is 2. The minimum absolute atomic E-state index is 0.164. The number of aryl methyl sites for hydroxylation is 3. The lowest BCUT2D eigenvalue weighted by Gasteiger charge is -2.07. The Morgan fingerprint density at radius 1 is 1.00 bits per heavy atom. The Labute approximate surface area is 88.2 Å². The number of H-pyrrole nitrogens is 2. The number of nitrogens with one attached hydrogen (secondary N) is 2. The van der Waals surface area contributed by atoms with Crippen molar-refractivity contribution in [2.45, 2.75) is 20.8 Å². The molecule has 1 aromatic carbocycles. The van der Waals surface area contributed by atoms with E-state index in [4.69, 9.17) is 0 Å². The second kappa shape index (κ2) is 3.42. The molecule has 1 aromatic heterocycles. The first kappa shape index (κ1) is 9.77. The van der Waals surface area contributed by atoms with Crippen molar-refractivity contribution in [1.29, 1.82) is 0 Å². The van der Waals surface area contributed by atoms with Crippen molar-refractivity contribution in [3.63, 3.8) is 0 Å². The zero-order valence-corrected chi connectivity index (χ0v) is 9.14. The third-order valence-electron chi connectivity index (χ3n) is 2.73. The fraction of sp³-hybridized carbons (Fsp3) is 0.250. The van der Waals surface area contributed by atoms with Crippen molar-refractivity contribution < 1.29 is 0 Å². The van der Waals surface area contributed by atoms with Crippen LogP contribution >= 0.6 is 0 Å². The first-order chi connectivity index (χ1) is 7.08. The summed E-state index contributed by atoms with van der Waals surface area (Å²) in [7, 11) is 0. The van der Waals surface area contributed by atoms with Crippen molar-refractivity contribution in [3.8, 4) is 11.3 Å². The third-order valence-corrected chi connectivity index (χ3v) is 2.73. The van der Waals surface area contributed by atoms with Crippen LogP contribution < -0.4 is 5.69 Å².